The van der Waals surface area contributed by atoms with Crippen LogP contribution < -0.4 is 21.1 Å². The Morgan fingerprint density at radius 1 is 1.23 bits per heavy atom. The molecule has 1 amide bonds. The van der Waals surface area contributed by atoms with Gasteiger partial charge < -0.3 is 25.0 Å². The zero-order valence-electron chi connectivity index (χ0n) is 16.0. The van der Waals surface area contributed by atoms with E-state index in [9.17, 15) is 9.59 Å². The topological polar surface area (TPSA) is 94.9 Å². The van der Waals surface area contributed by atoms with Gasteiger partial charge in [0, 0.05) is 71.7 Å². The smallest absolute Gasteiger partial charge is 0.293 e. The van der Waals surface area contributed by atoms with E-state index in [-0.39, 0.29) is 17.4 Å². The minimum atomic E-state index is -0.0793. The van der Waals surface area contributed by atoms with E-state index >= 15 is 0 Å². The van der Waals surface area contributed by atoms with Gasteiger partial charge in [0.05, 0.1) is 0 Å². The lowest BCUT2D eigenvalue weighted by molar-refractivity contribution is -0.123. The van der Waals surface area contributed by atoms with Gasteiger partial charge in [0.2, 0.25) is 5.91 Å². The second-order valence-electron chi connectivity index (χ2n) is 6.56. The number of piperazine rings is 1. The number of amides is 1. The monoisotopic (exact) mass is 363 g/mol. The van der Waals surface area contributed by atoms with Crippen molar-refractivity contribution in [1.82, 2.24) is 25.1 Å². The van der Waals surface area contributed by atoms with Crippen molar-refractivity contribution >= 4 is 17.7 Å². The molecular formula is C17H29N7O2. The van der Waals surface area contributed by atoms with Gasteiger partial charge in [-0.25, -0.2) is 4.98 Å². The second kappa shape index (κ2) is 9.21. The highest BCUT2D eigenvalue weighted by molar-refractivity contribution is 5.80. The Balaban J connectivity index is 1.83. The minimum absolute atomic E-state index is 0.0123. The van der Waals surface area contributed by atoms with Crippen molar-refractivity contribution in [3.63, 3.8) is 0 Å². The summed E-state index contributed by atoms with van der Waals surface area (Å²) in [6.07, 6.45) is 3.31. The van der Waals surface area contributed by atoms with Crippen LogP contribution in [0.15, 0.2) is 22.2 Å². The van der Waals surface area contributed by atoms with E-state index in [0.717, 1.165) is 19.0 Å². The van der Waals surface area contributed by atoms with Crippen molar-refractivity contribution in [3.05, 3.63) is 22.7 Å². The third-order valence-electron chi connectivity index (χ3n) is 4.32. The molecule has 2 N–H and O–H groups in total. The fourth-order valence-corrected chi connectivity index (χ4v) is 2.73. The third kappa shape index (κ3) is 4.96. The molecule has 0 radical (unpaired) electrons. The lowest BCUT2D eigenvalue weighted by atomic mass is 10.2. The molecule has 0 atom stereocenters. The van der Waals surface area contributed by atoms with Crippen LogP contribution in [0.2, 0.25) is 0 Å². The van der Waals surface area contributed by atoms with Gasteiger partial charge in [0.1, 0.15) is 0 Å². The van der Waals surface area contributed by atoms with Gasteiger partial charge in [-0.1, -0.05) is 13.8 Å². The number of carbonyl (C=O) groups excluding carboxylic acids is 1. The van der Waals surface area contributed by atoms with Gasteiger partial charge in [-0.2, -0.15) is 0 Å². The van der Waals surface area contributed by atoms with Gasteiger partial charge in [-0.15, -0.1) is 0 Å². The Bertz CT molecular complexity index is 691. The fourth-order valence-electron chi connectivity index (χ4n) is 2.73. The highest BCUT2D eigenvalue weighted by atomic mass is 16.2. The maximum atomic E-state index is 12.2. The van der Waals surface area contributed by atoms with Crippen LogP contribution in [0.5, 0.6) is 0 Å². The fraction of sp³-hybridized carbons (Fsp3) is 0.647. The first kappa shape index (κ1) is 19.7. The van der Waals surface area contributed by atoms with E-state index in [1.807, 2.05) is 18.7 Å². The number of nitrogens with one attached hydrogen (secondary N) is 2. The van der Waals surface area contributed by atoms with Crippen LogP contribution in [0, 0.1) is 5.92 Å². The minimum Gasteiger partial charge on any atom is -0.354 e. The summed E-state index contributed by atoms with van der Waals surface area (Å²) in [4.78, 5) is 36.5. The summed E-state index contributed by atoms with van der Waals surface area (Å²) in [5.74, 6) is 1.33. The van der Waals surface area contributed by atoms with Crippen molar-refractivity contribution in [1.29, 1.82) is 0 Å². The number of guanidine groups is 1. The van der Waals surface area contributed by atoms with Crippen LogP contribution in [0.3, 0.4) is 0 Å². The number of carbonyl (C=O) groups is 1. The lowest BCUT2D eigenvalue weighted by Crippen LogP contribution is -2.54. The average Bonchev–Trinajstić information content (AvgIpc) is 2.64. The molecule has 0 aromatic carbocycles. The van der Waals surface area contributed by atoms with Crippen molar-refractivity contribution in [2.24, 2.45) is 18.0 Å². The number of hydrogen-bond acceptors (Lipinski definition) is 5. The molecule has 9 heteroatoms. The molecule has 0 unspecified atom stereocenters. The first-order chi connectivity index (χ1) is 12.4. The molecule has 0 bridgehead atoms. The van der Waals surface area contributed by atoms with Crippen LogP contribution in [0.1, 0.15) is 13.8 Å². The highest BCUT2D eigenvalue weighted by Crippen LogP contribution is 2.08. The predicted octanol–water partition coefficient (Wildman–Crippen LogP) is -0.750. The first-order valence-electron chi connectivity index (χ1n) is 8.94. The molecule has 26 heavy (non-hydrogen) atoms. The van der Waals surface area contributed by atoms with E-state index in [2.05, 4.69) is 25.5 Å². The summed E-state index contributed by atoms with van der Waals surface area (Å²) in [6, 6.07) is 0. The van der Waals surface area contributed by atoms with Crippen LogP contribution in [-0.4, -0.2) is 72.6 Å². The SMILES string of the molecule is CN=C(NCCNC(=O)C(C)C)N1CCN(c2nccn(C)c2=O)CC1. The van der Waals surface area contributed by atoms with E-state index in [1.54, 1.807) is 31.1 Å². The Kier molecular flexibility index (Phi) is 6.99. The van der Waals surface area contributed by atoms with Gasteiger partial charge in [0.15, 0.2) is 11.8 Å². The van der Waals surface area contributed by atoms with Gasteiger partial charge >= 0.3 is 0 Å². The Morgan fingerprint density at radius 2 is 1.88 bits per heavy atom. The molecule has 2 rings (SSSR count). The summed E-state index contributed by atoms with van der Waals surface area (Å²) < 4.78 is 1.54. The number of aromatic nitrogens is 2. The van der Waals surface area contributed by atoms with Crippen LogP contribution in [-0.2, 0) is 11.8 Å². The number of nitrogens with zero attached hydrogens (tertiary/aromatic N) is 5. The molecule has 0 aliphatic carbocycles. The van der Waals surface area contributed by atoms with Crippen molar-refractivity contribution in [3.8, 4) is 0 Å². The third-order valence-corrected chi connectivity index (χ3v) is 4.32. The summed E-state index contributed by atoms with van der Waals surface area (Å²) in [5.41, 5.74) is -0.0793. The maximum Gasteiger partial charge on any atom is 0.293 e. The highest BCUT2D eigenvalue weighted by Gasteiger charge is 2.22. The van der Waals surface area contributed by atoms with Crippen molar-refractivity contribution in [2.75, 3.05) is 51.2 Å². The molecule has 1 aromatic rings. The van der Waals surface area contributed by atoms with E-state index in [0.29, 0.717) is 32.0 Å². The molecule has 1 aliphatic heterocycles. The van der Waals surface area contributed by atoms with Crippen LogP contribution in [0.25, 0.3) is 0 Å². The summed E-state index contributed by atoms with van der Waals surface area (Å²) in [7, 11) is 3.48. The lowest BCUT2D eigenvalue weighted by Gasteiger charge is -2.36. The maximum absolute atomic E-state index is 12.2. The number of anilines is 1. The summed E-state index contributed by atoms with van der Waals surface area (Å²) in [5, 5.41) is 6.15. The molecule has 144 valence electrons. The molecular weight excluding hydrogens is 334 g/mol. The van der Waals surface area contributed by atoms with Gasteiger partial charge in [-0.05, 0) is 0 Å². The van der Waals surface area contributed by atoms with Gasteiger partial charge in [-0.3, -0.25) is 14.6 Å². The molecule has 0 saturated carbocycles. The van der Waals surface area contributed by atoms with Gasteiger partial charge in [0.25, 0.3) is 5.56 Å². The number of hydrogen-bond donors (Lipinski definition) is 2. The molecule has 1 aromatic heterocycles. The normalized spacial score (nSPS) is 15.3. The predicted molar refractivity (Wildman–Crippen MR) is 102 cm³/mol. The largest absolute Gasteiger partial charge is 0.354 e. The van der Waals surface area contributed by atoms with Crippen molar-refractivity contribution in [2.45, 2.75) is 13.8 Å². The molecule has 0 spiro atoms. The first-order valence-corrected chi connectivity index (χ1v) is 8.94. The quantitative estimate of drug-likeness (QED) is 0.406. The van der Waals surface area contributed by atoms with E-state index in [4.69, 9.17) is 0 Å². The van der Waals surface area contributed by atoms with Crippen LogP contribution >= 0.6 is 0 Å². The number of aliphatic imine (C=N–C) groups is 1. The molecule has 1 saturated heterocycles. The molecule has 1 aliphatic rings. The van der Waals surface area contributed by atoms with E-state index < -0.39 is 0 Å². The zero-order chi connectivity index (χ0) is 19.1. The zero-order valence-corrected chi connectivity index (χ0v) is 16.0. The van der Waals surface area contributed by atoms with E-state index in [1.165, 1.54) is 0 Å². The summed E-state index contributed by atoms with van der Waals surface area (Å²) in [6.45, 7) is 7.82. The molecule has 9 nitrogen and oxygen atoms in total. The van der Waals surface area contributed by atoms with Crippen LogP contribution in [0.4, 0.5) is 5.82 Å². The average molecular weight is 363 g/mol. The summed E-state index contributed by atoms with van der Waals surface area (Å²) >= 11 is 0. The Labute approximate surface area is 154 Å². The number of rotatable bonds is 5. The van der Waals surface area contributed by atoms with Crippen molar-refractivity contribution < 1.29 is 4.79 Å². The molecule has 1 fully saturated rings. The standard InChI is InChI=1S/C17H29N7O2/c1-13(2)15(25)20-5-6-21-17(18-3)24-11-9-23(10-12-24)14-16(26)22(4)8-7-19-14/h7-8,13H,5-6,9-12H2,1-4H3,(H,18,21)(H,20,25). The molecule has 2 heterocycles. The second-order valence-corrected chi connectivity index (χ2v) is 6.56. The Hall–Kier alpha value is -2.58. The Morgan fingerprint density at radius 3 is 2.50 bits per heavy atom. The number of aryl methyl sites for hydroxylation is 1.